The first-order valence-electron chi connectivity index (χ1n) is 8.22. The molecule has 0 radical (unpaired) electrons. The van der Waals surface area contributed by atoms with Crippen molar-refractivity contribution in [3.63, 3.8) is 0 Å². The lowest BCUT2D eigenvalue weighted by Crippen LogP contribution is -2.13. The first kappa shape index (κ1) is 17.7. The SMILES string of the molecule is CCNc1cc(Nc2ccc(NC(=O)CC(C)C)cc2)nc(C)n1. The topological polar surface area (TPSA) is 78.9 Å². The van der Waals surface area contributed by atoms with Crippen LogP contribution in [0.4, 0.5) is 23.0 Å². The van der Waals surface area contributed by atoms with Crippen molar-refractivity contribution in [2.75, 3.05) is 22.5 Å². The molecular weight excluding hydrogens is 302 g/mol. The highest BCUT2D eigenvalue weighted by Gasteiger charge is 2.06. The van der Waals surface area contributed by atoms with Crippen LogP contribution in [-0.4, -0.2) is 22.4 Å². The van der Waals surface area contributed by atoms with Crippen LogP contribution in [0, 0.1) is 12.8 Å². The van der Waals surface area contributed by atoms with Gasteiger partial charge in [0, 0.05) is 30.4 Å². The fourth-order valence-electron chi connectivity index (χ4n) is 2.27. The van der Waals surface area contributed by atoms with E-state index in [2.05, 4.69) is 25.9 Å². The van der Waals surface area contributed by atoms with Crippen molar-refractivity contribution in [2.45, 2.75) is 34.1 Å². The van der Waals surface area contributed by atoms with Gasteiger partial charge in [0.2, 0.25) is 5.91 Å². The molecule has 0 aliphatic rings. The Bertz CT molecular complexity index is 682. The Kier molecular flexibility index (Phi) is 6.12. The minimum Gasteiger partial charge on any atom is -0.370 e. The van der Waals surface area contributed by atoms with Crippen molar-refractivity contribution >= 4 is 28.9 Å². The summed E-state index contributed by atoms with van der Waals surface area (Å²) >= 11 is 0. The van der Waals surface area contributed by atoms with Gasteiger partial charge in [-0.1, -0.05) is 13.8 Å². The van der Waals surface area contributed by atoms with Crippen molar-refractivity contribution in [3.05, 3.63) is 36.2 Å². The second-order valence-electron chi connectivity index (χ2n) is 6.06. The lowest BCUT2D eigenvalue weighted by molar-refractivity contribution is -0.116. The summed E-state index contributed by atoms with van der Waals surface area (Å²) in [6.07, 6.45) is 0.521. The van der Waals surface area contributed by atoms with Crippen LogP contribution < -0.4 is 16.0 Å². The molecule has 1 aromatic heterocycles. The predicted molar refractivity (Wildman–Crippen MR) is 98.7 cm³/mol. The normalized spacial score (nSPS) is 10.5. The maximum atomic E-state index is 11.8. The number of aromatic nitrogens is 2. The van der Waals surface area contributed by atoms with E-state index in [9.17, 15) is 4.79 Å². The molecule has 2 aromatic rings. The number of hydrogen-bond acceptors (Lipinski definition) is 5. The molecule has 24 heavy (non-hydrogen) atoms. The molecule has 2 rings (SSSR count). The largest absolute Gasteiger partial charge is 0.370 e. The number of anilines is 4. The summed E-state index contributed by atoms with van der Waals surface area (Å²) in [5.41, 5.74) is 1.69. The second-order valence-corrected chi connectivity index (χ2v) is 6.06. The molecule has 0 aliphatic heterocycles. The third-order valence-electron chi connectivity index (χ3n) is 3.23. The third kappa shape index (κ3) is 5.53. The quantitative estimate of drug-likeness (QED) is 0.718. The zero-order valence-corrected chi connectivity index (χ0v) is 14.7. The van der Waals surface area contributed by atoms with Crippen molar-refractivity contribution in [1.82, 2.24) is 9.97 Å². The summed E-state index contributed by atoms with van der Waals surface area (Å²) in [6.45, 7) is 8.74. The lowest BCUT2D eigenvalue weighted by Gasteiger charge is -2.11. The summed E-state index contributed by atoms with van der Waals surface area (Å²) in [6, 6.07) is 9.44. The number of carbonyl (C=O) groups is 1. The van der Waals surface area contributed by atoms with Crippen LogP contribution in [0.1, 0.15) is 33.0 Å². The number of carbonyl (C=O) groups excluding carboxylic acids is 1. The average Bonchev–Trinajstić information content (AvgIpc) is 2.48. The van der Waals surface area contributed by atoms with Gasteiger partial charge in [-0.25, -0.2) is 9.97 Å². The van der Waals surface area contributed by atoms with E-state index in [1.54, 1.807) is 0 Å². The van der Waals surface area contributed by atoms with Gasteiger partial charge in [0.1, 0.15) is 17.5 Å². The first-order chi connectivity index (χ1) is 11.5. The number of nitrogens with zero attached hydrogens (tertiary/aromatic N) is 2. The Morgan fingerprint density at radius 3 is 2.33 bits per heavy atom. The minimum atomic E-state index is 0.0346. The van der Waals surface area contributed by atoms with Gasteiger partial charge >= 0.3 is 0 Å². The monoisotopic (exact) mass is 327 g/mol. The van der Waals surface area contributed by atoms with Crippen LogP contribution in [0.25, 0.3) is 0 Å². The molecule has 0 atom stereocenters. The van der Waals surface area contributed by atoms with Crippen molar-refractivity contribution in [1.29, 1.82) is 0 Å². The Morgan fingerprint density at radius 1 is 1.08 bits per heavy atom. The first-order valence-corrected chi connectivity index (χ1v) is 8.22. The van der Waals surface area contributed by atoms with Gasteiger partial charge < -0.3 is 16.0 Å². The smallest absolute Gasteiger partial charge is 0.224 e. The van der Waals surface area contributed by atoms with Crippen LogP contribution >= 0.6 is 0 Å². The molecule has 1 aromatic carbocycles. The van der Waals surface area contributed by atoms with Gasteiger partial charge in [-0.05, 0) is 44.0 Å². The average molecular weight is 327 g/mol. The third-order valence-corrected chi connectivity index (χ3v) is 3.23. The maximum absolute atomic E-state index is 11.8. The molecular formula is C18H25N5O. The number of nitrogens with one attached hydrogen (secondary N) is 3. The number of hydrogen-bond donors (Lipinski definition) is 3. The number of amides is 1. The zero-order chi connectivity index (χ0) is 17.5. The van der Waals surface area contributed by atoms with Crippen molar-refractivity contribution in [3.8, 4) is 0 Å². The Labute approximate surface area is 143 Å². The summed E-state index contributed by atoms with van der Waals surface area (Å²) in [4.78, 5) is 20.5. The van der Waals surface area contributed by atoms with Crippen LogP contribution in [0.15, 0.2) is 30.3 Å². The highest BCUT2D eigenvalue weighted by molar-refractivity contribution is 5.91. The van der Waals surface area contributed by atoms with Gasteiger partial charge in [0.15, 0.2) is 0 Å². The van der Waals surface area contributed by atoms with E-state index in [0.29, 0.717) is 18.2 Å². The molecule has 6 nitrogen and oxygen atoms in total. The van der Waals surface area contributed by atoms with E-state index in [1.807, 2.05) is 58.0 Å². The van der Waals surface area contributed by atoms with E-state index in [-0.39, 0.29) is 5.91 Å². The lowest BCUT2D eigenvalue weighted by atomic mass is 10.1. The molecule has 0 aliphatic carbocycles. The van der Waals surface area contributed by atoms with E-state index < -0.39 is 0 Å². The standard InChI is InChI=1S/C18H25N5O/c1-5-19-16-11-17(21-13(4)20-16)22-14-6-8-15(9-7-14)23-18(24)10-12(2)3/h6-9,11-12H,5,10H2,1-4H3,(H,23,24)(H2,19,20,21,22). The molecule has 6 heteroatoms. The summed E-state index contributed by atoms with van der Waals surface area (Å²) in [5, 5.41) is 9.33. The van der Waals surface area contributed by atoms with Gasteiger partial charge in [-0.15, -0.1) is 0 Å². The molecule has 0 saturated carbocycles. The molecule has 0 fully saturated rings. The summed E-state index contributed by atoms with van der Waals surface area (Å²) in [5.74, 6) is 2.61. The highest BCUT2D eigenvalue weighted by Crippen LogP contribution is 2.20. The fourth-order valence-corrected chi connectivity index (χ4v) is 2.27. The van der Waals surface area contributed by atoms with Crippen LogP contribution in [-0.2, 0) is 4.79 Å². The highest BCUT2D eigenvalue weighted by atomic mass is 16.1. The minimum absolute atomic E-state index is 0.0346. The Hall–Kier alpha value is -2.63. The molecule has 0 saturated heterocycles. The van der Waals surface area contributed by atoms with Crippen LogP contribution in [0.2, 0.25) is 0 Å². The molecule has 3 N–H and O–H groups in total. The van der Waals surface area contributed by atoms with E-state index >= 15 is 0 Å². The molecule has 0 unspecified atom stereocenters. The van der Waals surface area contributed by atoms with E-state index in [0.717, 1.165) is 29.6 Å². The fraction of sp³-hybridized carbons (Fsp3) is 0.389. The second kappa shape index (κ2) is 8.29. The summed E-state index contributed by atoms with van der Waals surface area (Å²) in [7, 11) is 0. The Morgan fingerprint density at radius 2 is 1.71 bits per heavy atom. The number of benzene rings is 1. The van der Waals surface area contributed by atoms with Crippen molar-refractivity contribution < 1.29 is 4.79 Å². The molecule has 1 heterocycles. The van der Waals surface area contributed by atoms with Crippen LogP contribution in [0.3, 0.4) is 0 Å². The van der Waals surface area contributed by atoms with Gasteiger partial charge in [0.25, 0.3) is 0 Å². The Balaban J connectivity index is 2.02. The van der Waals surface area contributed by atoms with Gasteiger partial charge in [-0.2, -0.15) is 0 Å². The zero-order valence-electron chi connectivity index (χ0n) is 14.7. The van der Waals surface area contributed by atoms with E-state index in [1.165, 1.54) is 0 Å². The molecule has 0 spiro atoms. The molecule has 0 bridgehead atoms. The van der Waals surface area contributed by atoms with Crippen molar-refractivity contribution in [2.24, 2.45) is 5.92 Å². The summed E-state index contributed by atoms with van der Waals surface area (Å²) < 4.78 is 0. The van der Waals surface area contributed by atoms with Gasteiger partial charge in [0.05, 0.1) is 0 Å². The number of aryl methyl sites for hydroxylation is 1. The van der Waals surface area contributed by atoms with Crippen LogP contribution in [0.5, 0.6) is 0 Å². The molecule has 128 valence electrons. The van der Waals surface area contributed by atoms with E-state index in [4.69, 9.17) is 0 Å². The number of rotatable bonds is 7. The maximum Gasteiger partial charge on any atom is 0.224 e. The predicted octanol–water partition coefficient (Wildman–Crippen LogP) is 3.95. The van der Waals surface area contributed by atoms with Gasteiger partial charge in [-0.3, -0.25) is 4.79 Å². The molecule has 1 amide bonds.